The summed E-state index contributed by atoms with van der Waals surface area (Å²) in [5.41, 5.74) is 1.23. The minimum absolute atomic E-state index is 0.199. The highest BCUT2D eigenvalue weighted by molar-refractivity contribution is 5.66. The van der Waals surface area contributed by atoms with Gasteiger partial charge in [-0.1, -0.05) is 37.3 Å². The zero-order valence-electron chi connectivity index (χ0n) is 9.89. The molecule has 88 valence electrons. The quantitative estimate of drug-likeness (QED) is 0.802. The molecule has 0 aromatic heterocycles. The van der Waals surface area contributed by atoms with Gasteiger partial charge in [0.05, 0.1) is 6.42 Å². The van der Waals surface area contributed by atoms with Crippen LogP contribution in [0.25, 0.3) is 0 Å². The van der Waals surface area contributed by atoms with Crippen molar-refractivity contribution in [1.82, 2.24) is 4.90 Å². The second-order valence-electron chi connectivity index (χ2n) is 3.86. The zero-order chi connectivity index (χ0) is 12.0. The van der Waals surface area contributed by atoms with E-state index in [1.54, 1.807) is 0 Å². The molecule has 0 radical (unpaired) electrons. The first kappa shape index (κ1) is 12.7. The molecule has 0 aliphatic heterocycles. The van der Waals surface area contributed by atoms with Gasteiger partial charge in [0.1, 0.15) is 0 Å². The number of carboxylic acids is 1. The van der Waals surface area contributed by atoms with Gasteiger partial charge in [-0.3, -0.25) is 9.69 Å². The molecule has 1 N–H and O–H groups in total. The smallest absolute Gasteiger partial charge is 0.304 e. The van der Waals surface area contributed by atoms with Gasteiger partial charge in [0.15, 0.2) is 0 Å². The lowest BCUT2D eigenvalue weighted by atomic mass is 10.1. The summed E-state index contributed by atoms with van der Waals surface area (Å²) in [7, 11) is 0. The van der Waals surface area contributed by atoms with Crippen LogP contribution in [0.2, 0.25) is 0 Å². The van der Waals surface area contributed by atoms with Crippen LogP contribution in [0.15, 0.2) is 30.3 Å². The Balaban J connectivity index is 2.62. The van der Waals surface area contributed by atoms with Crippen molar-refractivity contribution in [2.45, 2.75) is 26.3 Å². The van der Waals surface area contributed by atoms with E-state index in [-0.39, 0.29) is 12.5 Å². The van der Waals surface area contributed by atoms with Crippen LogP contribution in [0.1, 0.15) is 31.9 Å². The largest absolute Gasteiger partial charge is 0.481 e. The summed E-state index contributed by atoms with van der Waals surface area (Å²) in [5.74, 6) is -0.737. The van der Waals surface area contributed by atoms with E-state index in [1.807, 2.05) is 18.2 Å². The molecule has 1 aromatic carbocycles. The van der Waals surface area contributed by atoms with Crippen LogP contribution in [-0.2, 0) is 4.79 Å². The Morgan fingerprint density at radius 2 is 2.00 bits per heavy atom. The Morgan fingerprint density at radius 1 is 1.38 bits per heavy atom. The molecule has 0 bridgehead atoms. The number of benzene rings is 1. The third-order valence-corrected chi connectivity index (χ3v) is 2.85. The Kier molecular flexibility index (Phi) is 4.99. The van der Waals surface area contributed by atoms with E-state index in [0.717, 1.165) is 6.54 Å². The number of carbonyl (C=O) groups is 1. The molecule has 1 unspecified atom stereocenters. The average molecular weight is 221 g/mol. The van der Waals surface area contributed by atoms with Gasteiger partial charge in [-0.15, -0.1) is 0 Å². The highest BCUT2D eigenvalue weighted by Gasteiger charge is 2.14. The van der Waals surface area contributed by atoms with Crippen LogP contribution in [0.5, 0.6) is 0 Å². The molecule has 3 nitrogen and oxygen atoms in total. The van der Waals surface area contributed by atoms with E-state index < -0.39 is 5.97 Å². The lowest BCUT2D eigenvalue weighted by Gasteiger charge is -2.27. The van der Waals surface area contributed by atoms with Crippen LogP contribution in [0.3, 0.4) is 0 Å². The van der Waals surface area contributed by atoms with Gasteiger partial charge < -0.3 is 5.11 Å². The fraction of sp³-hybridized carbons (Fsp3) is 0.462. The van der Waals surface area contributed by atoms with Crippen molar-refractivity contribution < 1.29 is 9.90 Å². The number of nitrogens with zero attached hydrogens (tertiary/aromatic N) is 1. The molecule has 0 spiro atoms. The summed E-state index contributed by atoms with van der Waals surface area (Å²) in [5, 5.41) is 8.68. The van der Waals surface area contributed by atoms with E-state index in [9.17, 15) is 4.79 Å². The molecule has 0 saturated heterocycles. The molecule has 1 atom stereocenters. The summed E-state index contributed by atoms with van der Waals surface area (Å²) in [6.45, 7) is 5.63. The normalized spacial score (nSPS) is 12.7. The van der Waals surface area contributed by atoms with Gasteiger partial charge in [-0.05, 0) is 19.0 Å². The maximum absolute atomic E-state index is 10.6. The first-order chi connectivity index (χ1) is 7.65. The van der Waals surface area contributed by atoms with E-state index in [0.29, 0.717) is 6.54 Å². The third kappa shape index (κ3) is 3.66. The molecule has 0 amide bonds. The van der Waals surface area contributed by atoms with Crippen molar-refractivity contribution in [3.8, 4) is 0 Å². The number of aliphatic carboxylic acids is 1. The Bertz CT molecular complexity index is 324. The maximum atomic E-state index is 10.6. The zero-order valence-corrected chi connectivity index (χ0v) is 9.89. The third-order valence-electron chi connectivity index (χ3n) is 2.85. The summed E-state index contributed by atoms with van der Waals surface area (Å²) >= 11 is 0. The number of rotatable bonds is 6. The molecule has 0 saturated carbocycles. The lowest BCUT2D eigenvalue weighted by Crippen LogP contribution is -2.29. The lowest BCUT2D eigenvalue weighted by molar-refractivity contribution is -0.137. The summed E-state index contributed by atoms with van der Waals surface area (Å²) in [6, 6.07) is 10.4. The monoisotopic (exact) mass is 221 g/mol. The molecule has 0 heterocycles. The van der Waals surface area contributed by atoms with Crippen molar-refractivity contribution in [2.75, 3.05) is 13.1 Å². The van der Waals surface area contributed by atoms with Crippen molar-refractivity contribution in [3.05, 3.63) is 35.9 Å². The molecular formula is C13H19NO2. The van der Waals surface area contributed by atoms with Crippen molar-refractivity contribution >= 4 is 5.97 Å². The van der Waals surface area contributed by atoms with Crippen molar-refractivity contribution in [1.29, 1.82) is 0 Å². The van der Waals surface area contributed by atoms with E-state index in [2.05, 4.69) is 30.9 Å². The molecule has 1 aromatic rings. The fourth-order valence-electron chi connectivity index (χ4n) is 1.81. The fourth-order valence-corrected chi connectivity index (χ4v) is 1.81. The molecule has 0 fully saturated rings. The summed E-state index contributed by atoms with van der Waals surface area (Å²) in [6.07, 6.45) is 0.199. The molecule has 16 heavy (non-hydrogen) atoms. The van der Waals surface area contributed by atoms with Crippen LogP contribution >= 0.6 is 0 Å². The van der Waals surface area contributed by atoms with Gasteiger partial charge in [0, 0.05) is 12.6 Å². The van der Waals surface area contributed by atoms with E-state index >= 15 is 0 Å². The van der Waals surface area contributed by atoms with Crippen LogP contribution in [0.4, 0.5) is 0 Å². The predicted molar refractivity (Wildman–Crippen MR) is 64.4 cm³/mol. The minimum atomic E-state index is -0.737. The summed E-state index contributed by atoms with van der Waals surface area (Å²) in [4.78, 5) is 12.7. The van der Waals surface area contributed by atoms with Crippen LogP contribution in [0, 0.1) is 0 Å². The minimum Gasteiger partial charge on any atom is -0.481 e. The Labute approximate surface area is 96.7 Å². The van der Waals surface area contributed by atoms with Crippen LogP contribution < -0.4 is 0 Å². The van der Waals surface area contributed by atoms with Gasteiger partial charge in [-0.25, -0.2) is 0 Å². The number of hydrogen-bond acceptors (Lipinski definition) is 2. The standard InChI is InChI=1S/C13H19NO2/c1-3-14(10-9-13(15)16)11(2)12-7-5-4-6-8-12/h4-8,11H,3,9-10H2,1-2H3,(H,15,16). The second kappa shape index (κ2) is 6.28. The summed E-state index contributed by atoms with van der Waals surface area (Å²) < 4.78 is 0. The number of hydrogen-bond donors (Lipinski definition) is 1. The van der Waals surface area contributed by atoms with E-state index in [4.69, 9.17) is 5.11 Å². The van der Waals surface area contributed by atoms with Gasteiger partial charge >= 0.3 is 5.97 Å². The van der Waals surface area contributed by atoms with Crippen LogP contribution in [-0.4, -0.2) is 29.1 Å². The van der Waals surface area contributed by atoms with Gasteiger partial charge in [0.2, 0.25) is 0 Å². The first-order valence-electron chi connectivity index (χ1n) is 5.66. The van der Waals surface area contributed by atoms with Gasteiger partial charge in [0.25, 0.3) is 0 Å². The molecule has 3 heteroatoms. The van der Waals surface area contributed by atoms with Crippen molar-refractivity contribution in [2.24, 2.45) is 0 Å². The predicted octanol–water partition coefficient (Wildman–Crippen LogP) is 2.54. The Hall–Kier alpha value is -1.35. The number of carboxylic acid groups (broad SMARTS) is 1. The topological polar surface area (TPSA) is 40.5 Å². The SMILES string of the molecule is CCN(CCC(=O)O)C(C)c1ccccc1. The highest BCUT2D eigenvalue weighted by atomic mass is 16.4. The maximum Gasteiger partial charge on any atom is 0.304 e. The molecular weight excluding hydrogens is 202 g/mol. The first-order valence-corrected chi connectivity index (χ1v) is 5.66. The molecule has 0 aliphatic rings. The average Bonchev–Trinajstić information content (AvgIpc) is 2.30. The van der Waals surface area contributed by atoms with Gasteiger partial charge in [-0.2, -0.15) is 0 Å². The van der Waals surface area contributed by atoms with E-state index in [1.165, 1.54) is 5.56 Å². The second-order valence-corrected chi connectivity index (χ2v) is 3.86. The molecule has 0 aliphatic carbocycles. The van der Waals surface area contributed by atoms with Crippen molar-refractivity contribution in [3.63, 3.8) is 0 Å². The Morgan fingerprint density at radius 3 is 2.50 bits per heavy atom. The molecule has 1 rings (SSSR count). The highest BCUT2D eigenvalue weighted by Crippen LogP contribution is 2.19.